The first-order chi connectivity index (χ1) is 34.9. The fraction of sp³-hybridized carbons (Fsp3) is 0.125. The van der Waals surface area contributed by atoms with Gasteiger partial charge in [-0.1, -0.05) is 102 Å². The number of fused-ring (bicyclic) bond motifs is 20. The molecule has 0 bridgehead atoms. The Bertz CT molecular complexity index is 4700. The molecule has 14 aromatic rings. The number of nitrogens with zero attached hydrogens (tertiary/aromatic N) is 2. The normalized spacial score (nSPS) is 13.9. The van der Waals surface area contributed by atoms with Gasteiger partial charge in [-0.3, -0.25) is 0 Å². The molecule has 0 aliphatic carbocycles. The average molecular weight is 981 g/mol. The van der Waals surface area contributed by atoms with Gasteiger partial charge in [0.1, 0.15) is 22.3 Å². The molecule has 5 aromatic heterocycles. The highest BCUT2D eigenvalue weighted by Crippen LogP contribution is 2.51. The van der Waals surface area contributed by atoms with Crippen LogP contribution in [-0.4, -0.2) is 6.71 Å². The van der Waals surface area contributed by atoms with Crippen molar-refractivity contribution in [2.45, 2.75) is 52.4 Å². The van der Waals surface area contributed by atoms with E-state index in [-0.39, 0.29) is 17.5 Å². The zero-order valence-corrected chi connectivity index (χ0v) is 43.1. The van der Waals surface area contributed by atoms with Crippen LogP contribution in [-0.2, 0) is 10.8 Å². The fourth-order valence-electron chi connectivity index (χ4n) is 12.2. The Kier molecular flexibility index (Phi) is 8.14. The first-order valence-electron chi connectivity index (χ1n) is 24.9. The summed E-state index contributed by atoms with van der Waals surface area (Å²) in [6, 6.07) is 61.5. The monoisotopic (exact) mass is 980 g/mol. The molecule has 2 aliphatic heterocycles. The van der Waals surface area contributed by atoms with Crippen LogP contribution in [0.3, 0.4) is 0 Å². The zero-order valence-electron chi connectivity index (χ0n) is 40.6. The summed E-state index contributed by atoms with van der Waals surface area (Å²) in [5.74, 6) is 0. The minimum Gasteiger partial charge on any atom is -0.456 e. The highest BCUT2D eigenvalue weighted by Gasteiger charge is 2.45. The molecule has 2 aliphatic rings. The van der Waals surface area contributed by atoms with E-state index in [9.17, 15) is 0 Å². The van der Waals surface area contributed by atoms with Crippen molar-refractivity contribution in [1.82, 2.24) is 0 Å². The molecule has 7 heterocycles. The quantitative estimate of drug-likeness (QED) is 0.162. The summed E-state index contributed by atoms with van der Waals surface area (Å²) in [5, 5.41) is 11.1. The van der Waals surface area contributed by atoms with Gasteiger partial charge in [-0.15, -0.1) is 34.0 Å². The van der Waals surface area contributed by atoms with Crippen LogP contribution in [0.25, 0.3) is 94.3 Å². The second-order valence-corrected chi connectivity index (χ2v) is 25.2. The lowest BCUT2D eigenvalue weighted by Gasteiger charge is -2.43. The lowest BCUT2D eigenvalue weighted by molar-refractivity contribution is 0.590. The highest BCUT2D eigenvalue weighted by atomic mass is 32.1. The summed E-state index contributed by atoms with van der Waals surface area (Å²) in [6.45, 7) is 13.9. The van der Waals surface area contributed by atoms with E-state index < -0.39 is 0 Å². The molecule has 0 radical (unpaired) electrons. The Morgan fingerprint density at radius 3 is 1.54 bits per heavy atom. The maximum absolute atomic E-state index is 6.90. The van der Waals surface area contributed by atoms with Crippen LogP contribution in [0.4, 0.5) is 34.1 Å². The molecule has 0 saturated carbocycles. The molecular formula is C64H45BN2O2S3. The lowest BCUT2D eigenvalue weighted by Crippen LogP contribution is -2.60. The van der Waals surface area contributed by atoms with Crippen molar-refractivity contribution in [1.29, 1.82) is 0 Å². The number of hydrogen-bond donors (Lipinski definition) is 0. The Labute approximate surface area is 428 Å². The van der Waals surface area contributed by atoms with E-state index in [0.717, 1.165) is 44.5 Å². The fourth-order valence-corrected chi connectivity index (χ4v) is 16.0. The van der Waals surface area contributed by atoms with E-state index in [1.165, 1.54) is 111 Å². The van der Waals surface area contributed by atoms with E-state index >= 15 is 0 Å². The minimum atomic E-state index is -0.0608. The molecule has 9 aromatic carbocycles. The summed E-state index contributed by atoms with van der Waals surface area (Å²) in [4.78, 5) is 5.08. The molecule has 4 nitrogen and oxygen atoms in total. The van der Waals surface area contributed by atoms with Crippen LogP contribution in [0.2, 0.25) is 0 Å². The average Bonchev–Trinajstić information content (AvgIpc) is 4.20. The molecule has 0 unspecified atom stereocenters. The number of thiophene rings is 3. The van der Waals surface area contributed by atoms with Gasteiger partial charge in [-0.05, 0) is 124 Å². The molecular weight excluding hydrogens is 936 g/mol. The van der Waals surface area contributed by atoms with Gasteiger partial charge in [0.15, 0.2) is 0 Å². The molecule has 16 rings (SSSR count). The second kappa shape index (κ2) is 14.2. The molecule has 0 N–H and O–H groups in total. The summed E-state index contributed by atoms with van der Waals surface area (Å²) in [6.07, 6.45) is 0. The first kappa shape index (κ1) is 41.3. The summed E-state index contributed by atoms with van der Waals surface area (Å²) in [5.41, 5.74) is 15.8. The summed E-state index contributed by atoms with van der Waals surface area (Å²) in [7, 11) is 0. The van der Waals surface area contributed by atoms with E-state index in [1.54, 1.807) is 0 Å². The van der Waals surface area contributed by atoms with Crippen molar-refractivity contribution in [3.8, 4) is 0 Å². The van der Waals surface area contributed by atoms with Crippen LogP contribution in [0.15, 0.2) is 173 Å². The number of benzene rings is 9. The highest BCUT2D eigenvalue weighted by molar-refractivity contribution is 7.33. The van der Waals surface area contributed by atoms with Gasteiger partial charge in [0.2, 0.25) is 0 Å². The largest absolute Gasteiger partial charge is 0.456 e. The Morgan fingerprint density at radius 1 is 0.403 bits per heavy atom. The van der Waals surface area contributed by atoms with Crippen molar-refractivity contribution in [2.24, 2.45) is 0 Å². The number of rotatable bonds is 2. The maximum atomic E-state index is 6.90. The van der Waals surface area contributed by atoms with Crippen LogP contribution < -0.4 is 25.5 Å². The molecule has 0 spiro atoms. The van der Waals surface area contributed by atoms with Crippen molar-refractivity contribution in [3.63, 3.8) is 0 Å². The maximum Gasteiger partial charge on any atom is 0.264 e. The lowest BCUT2D eigenvalue weighted by atomic mass is 9.36. The minimum absolute atomic E-state index is 0.00515. The van der Waals surface area contributed by atoms with E-state index in [0.29, 0.717) is 0 Å². The van der Waals surface area contributed by atoms with Gasteiger partial charge in [0, 0.05) is 117 Å². The van der Waals surface area contributed by atoms with E-state index in [2.05, 4.69) is 215 Å². The van der Waals surface area contributed by atoms with Crippen LogP contribution >= 0.6 is 34.0 Å². The standard InChI is InChI=1S/C64H45BN2O2S3/c1-63(2,3)34-19-29-55-44(30-34)59-62(72-55)65-45-26-18-35(64(4,5)6)31-48(45)66(36-20-22-42-51(32-36)68-49-27-24-40-38-12-7-9-16-53(38)70-60(40)56(42)49)46-14-11-15-47(58(46)65)67(59)37-21-23-43-52(33-37)69-50-28-25-41-39-13-8-10-17-54(39)71-61(41)57(43)50/h7-33H,1-6H3. The molecule has 0 atom stereocenters. The molecule has 0 saturated heterocycles. The Hall–Kier alpha value is -7.36. The third-order valence-corrected chi connectivity index (χ3v) is 19.4. The third-order valence-electron chi connectivity index (χ3n) is 15.8. The predicted octanol–water partition coefficient (Wildman–Crippen LogP) is 18.1. The van der Waals surface area contributed by atoms with Crippen LogP contribution in [0, 0.1) is 0 Å². The summed E-state index contributed by atoms with van der Waals surface area (Å²) >= 11 is 5.66. The van der Waals surface area contributed by atoms with E-state index in [1.807, 2.05) is 34.0 Å². The van der Waals surface area contributed by atoms with Crippen molar-refractivity contribution in [3.05, 3.63) is 175 Å². The van der Waals surface area contributed by atoms with Crippen molar-refractivity contribution < 1.29 is 8.83 Å². The predicted molar refractivity (Wildman–Crippen MR) is 314 cm³/mol. The number of anilines is 6. The van der Waals surface area contributed by atoms with E-state index in [4.69, 9.17) is 8.83 Å². The van der Waals surface area contributed by atoms with Crippen molar-refractivity contribution >= 4 is 185 Å². The first-order valence-corrected chi connectivity index (χ1v) is 27.4. The Morgan fingerprint density at radius 2 is 0.931 bits per heavy atom. The zero-order chi connectivity index (χ0) is 48.1. The third kappa shape index (κ3) is 5.57. The topological polar surface area (TPSA) is 32.8 Å². The van der Waals surface area contributed by atoms with Gasteiger partial charge in [0.25, 0.3) is 6.71 Å². The number of hydrogen-bond acceptors (Lipinski definition) is 7. The van der Waals surface area contributed by atoms with Gasteiger partial charge in [-0.25, -0.2) is 0 Å². The number of furan rings is 2. The molecule has 0 fully saturated rings. The van der Waals surface area contributed by atoms with Gasteiger partial charge < -0.3 is 18.6 Å². The molecule has 344 valence electrons. The van der Waals surface area contributed by atoms with Crippen molar-refractivity contribution in [2.75, 3.05) is 9.80 Å². The smallest absolute Gasteiger partial charge is 0.264 e. The van der Waals surface area contributed by atoms with Crippen LogP contribution in [0.5, 0.6) is 0 Å². The van der Waals surface area contributed by atoms with Gasteiger partial charge in [-0.2, -0.15) is 0 Å². The van der Waals surface area contributed by atoms with Gasteiger partial charge in [0.05, 0.1) is 5.69 Å². The molecule has 72 heavy (non-hydrogen) atoms. The Balaban J connectivity index is 0.949. The van der Waals surface area contributed by atoms with Crippen LogP contribution in [0.1, 0.15) is 52.7 Å². The SMILES string of the molecule is CC(C)(C)c1ccc2c(c1)N(c1ccc3c(c1)oc1ccc4c5ccccc5sc4c13)c1cccc3c1B2c1sc2ccc(C(C)(C)C)cc2c1N3c1ccc2c(c1)oc1ccc3c4ccccc4sc3c12. The second-order valence-electron chi connectivity index (χ2n) is 22.0. The molecule has 8 heteroatoms. The summed E-state index contributed by atoms with van der Waals surface area (Å²) < 4.78 is 21.6. The molecule has 0 amide bonds. The van der Waals surface area contributed by atoms with Gasteiger partial charge >= 0.3 is 0 Å².